The summed E-state index contributed by atoms with van der Waals surface area (Å²) in [5.74, 6) is 0.327. The van der Waals surface area contributed by atoms with Crippen molar-refractivity contribution in [2.75, 3.05) is 25.5 Å². The predicted molar refractivity (Wildman–Crippen MR) is 107 cm³/mol. The molecule has 1 aliphatic rings. The standard InChI is InChI=1S/C20H24N6O2/c1-3-25-20(28)16-7-5-4-6-15(16)18(23-25)19(27)22-17-8-11-21-26(17)14-9-12-24(2)13-10-14/h4-8,11,14H,3,9-10,12-13H2,1-2H3,(H,22,27)/p+1. The van der Waals surface area contributed by atoms with E-state index in [2.05, 4.69) is 22.6 Å². The maximum atomic E-state index is 13.1. The number of nitrogens with one attached hydrogen (secondary N) is 2. The third-order valence-electron chi connectivity index (χ3n) is 5.45. The largest absolute Gasteiger partial charge is 0.337 e. The molecule has 2 aromatic heterocycles. The van der Waals surface area contributed by atoms with Crippen molar-refractivity contribution >= 4 is 22.5 Å². The summed E-state index contributed by atoms with van der Waals surface area (Å²) >= 11 is 0. The van der Waals surface area contributed by atoms with Gasteiger partial charge in [-0.2, -0.15) is 10.2 Å². The Morgan fingerprint density at radius 2 is 1.93 bits per heavy atom. The van der Waals surface area contributed by atoms with Crippen LogP contribution >= 0.6 is 0 Å². The molecule has 1 aromatic carbocycles. The molecule has 0 unspecified atom stereocenters. The van der Waals surface area contributed by atoms with Gasteiger partial charge in [0, 0.05) is 30.8 Å². The number of likely N-dealkylation sites (tertiary alicyclic amines) is 1. The number of nitrogens with zero attached hydrogens (tertiary/aromatic N) is 4. The zero-order chi connectivity index (χ0) is 19.7. The second-order valence-electron chi connectivity index (χ2n) is 7.32. The van der Waals surface area contributed by atoms with Gasteiger partial charge in [0.1, 0.15) is 5.82 Å². The van der Waals surface area contributed by atoms with Crippen LogP contribution in [-0.2, 0) is 6.54 Å². The molecule has 1 saturated heterocycles. The van der Waals surface area contributed by atoms with Crippen molar-refractivity contribution in [3.05, 3.63) is 52.6 Å². The first-order valence-electron chi connectivity index (χ1n) is 9.74. The molecule has 1 amide bonds. The SMILES string of the molecule is CCn1nc(C(=O)Nc2ccnn2C2CC[NH+](C)CC2)c2ccccc2c1=O. The first-order valence-corrected chi connectivity index (χ1v) is 9.74. The van der Waals surface area contributed by atoms with Crippen LogP contribution in [0.25, 0.3) is 10.8 Å². The van der Waals surface area contributed by atoms with Crippen molar-refractivity contribution in [1.29, 1.82) is 0 Å². The first kappa shape index (κ1) is 18.4. The van der Waals surface area contributed by atoms with Crippen LogP contribution in [0.1, 0.15) is 36.3 Å². The molecule has 3 heterocycles. The molecule has 0 bridgehead atoms. The highest BCUT2D eigenvalue weighted by molar-refractivity contribution is 6.10. The molecule has 1 aliphatic heterocycles. The highest BCUT2D eigenvalue weighted by atomic mass is 16.2. The topological polar surface area (TPSA) is 86.2 Å². The van der Waals surface area contributed by atoms with E-state index >= 15 is 0 Å². The maximum Gasteiger partial charge on any atom is 0.277 e. The van der Waals surface area contributed by atoms with Gasteiger partial charge in [-0.1, -0.05) is 18.2 Å². The monoisotopic (exact) mass is 381 g/mol. The van der Waals surface area contributed by atoms with Gasteiger partial charge in [-0.25, -0.2) is 9.36 Å². The van der Waals surface area contributed by atoms with Crippen molar-refractivity contribution in [2.24, 2.45) is 0 Å². The summed E-state index contributed by atoms with van der Waals surface area (Å²) in [6.07, 6.45) is 3.76. The van der Waals surface area contributed by atoms with E-state index in [9.17, 15) is 9.59 Å². The first-order chi connectivity index (χ1) is 13.6. The lowest BCUT2D eigenvalue weighted by Crippen LogP contribution is -3.10. The number of aryl methyl sites for hydroxylation is 1. The van der Waals surface area contributed by atoms with Gasteiger partial charge in [-0.3, -0.25) is 9.59 Å². The average Bonchev–Trinajstić information content (AvgIpc) is 3.17. The molecule has 28 heavy (non-hydrogen) atoms. The van der Waals surface area contributed by atoms with Crippen LogP contribution < -0.4 is 15.8 Å². The Labute approximate surface area is 162 Å². The van der Waals surface area contributed by atoms with Crippen LogP contribution in [-0.4, -0.2) is 45.6 Å². The van der Waals surface area contributed by atoms with Crippen molar-refractivity contribution in [3.63, 3.8) is 0 Å². The van der Waals surface area contributed by atoms with Crippen molar-refractivity contribution < 1.29 is 9.69 Å². The van der Waals surface area contributed by atoms with Crippen LogP contribution in [0.4, 0.5) is 5.82 Å². The smallest absolute Gasteiger partial charge is 0.277 e. The quantitative estimate of drug-likeness (QED) is 0.697. The van der Waals surface area contributed by atoms with Crippen LogP contribution in [0.3, 0.4) is 0 Å². The molecule has 146 valence electrons. The highest BCUT2D eigenvalue weighted by Crippen LogP contribution is 2.22. The predicted octanol–water partition coefficient (Wildman–Crippen LogP) is 0.715. The van der Waals surface area contributed by atoms with E-state index < -0.39 is 0 Å². The van der Waals surface area contributed by atoms with E-state index in [1.54, 1.807) is 30.5 Å². The molecule has 4 rings (SSSR count). The lowest BCUT2D eigenvalue weighted by Gasteiger charge is -2.27. The molecule has 3 aromatic rings. The fourth-order valence-corrected chi connectivity index (χ4v) is 3.84. The number of fused-ring (bicyclic) bond motifs is 1. The number of hydrogen-bond donors (Lipinski definition) is 2. The number of hydrogen-bond acceptors (Lipinski definition) is 4. The summed E-state index contributed by atoms with van der Waals surface area (Å²) in [6.45, 7) is 4.42. The highest BCUT2D eigenvalue weighted by Gasteiger charge is 2.24. The number of quaternary nitrogens is 1. The Balaban J connectivity index is 1.66. The average molecular weight is 381 g/mol. The molecule has 1 fully saturated rings. The van der Waals surface area contributed by atoms with Gasteiger partial charge in [-0.15, -0.1) is 0 Å². The lowest BCUT2D eigenvalue weighted by molar-refractivity contribution is -0.885. The van der Waals surface area contributed by atoms with Gasteiger partial charge in [0.2, 0.25) is 0 Å². The number of anilines is 1. The van der Waals surface area contributed by atoms with Crippen LogP contribution in [0.2, 0.25) is 0 Å². The lowest BCUT2D eigenvalue weighted by atomic mass is 10.1. The summed E-state index contributed by atoms with van der Waals surface area (Å²) in [5.41, 5.74) is 0.0612. The van der Waals surface area contributed by atoms with E-state index in [4.69, 9.17) is 0 Å². The normalized spacial score (nSPS) is 19.6. The fraction of sp³-hybridized carbons (Fsp3) is 0.400. The van der Waals surface area contributed by atoms with Crippen molar-refractivity contribution in [3.8, 4) is 0 Å². The maximum absolute atomic E-state index is 13.1. The summed E-state index contributed by atoms with van der Waals surface area (Å²) in [4.78, 5) is 27.1. The minimum absolute atomic E-state index is 0.187. The number of benzene rings is 1. The van der Waals surface area contributed by atoms with Crippen LogP contribution in [0, 0.1) is 0 Å². The Morgan fingerprint density at radius 3 is 2.64 bits per heavy atom. The Bertz CT molecular complexity index is 1060. The molecule has 0 spiro atoms. The zero-order valence-electron chi connectivity index (χ0n) is 16.2. The Hall–Kier alpha value is -3.00. The van der Waals surface area contributed by atoms with Gasteiger partial charge in [-0.05, 0) is 13.0 Å². The van der Waals surface area contributed by atoms with Crippen molar-refractivity contribution in [2.45, 2.75) is 32.4 Å². The molecule has 0 saturated carbocycles. The third kappa shape index (κ3) is 3.31. The number of aromatic nitrogens is 4. The van der Waals surface area contributed by atoms with Crippen LogP contribution in [0.15, 0.2) is 41.3 Å². The molecule has 8 heteroatoms. The Kier molecular flexibility index (Phi) is 4.95. The number of rotatable bonds is 4. The van der Waals surface area contributed by atoms with E-state index in [0.717, 1.165) is 25.9 Å². The Morgan fingerprint density at radius 1 is 1.21 bits per heavy atom. The summed E-state index contributed by atoms with van der Waals surface area (Å²) < 4.78 is 3.23. The molecule has 0 aliphatic carbocycles. The number of carbonyl (C=O) groups is 1. The van der Waals surface area contributed by atoms with E-state index in [-0.39, 0.29) is 23.2 Å². The molecule has 2 N–H and O–H groups in total. The second kappa shape index (κ2) is 7.55. The molecular weight excluding hydrogens is 356 g/mol. The van der Waals surface area contributed by atoms with Gasteiger partial charge < -0.3 is 10.2 Å². The van der Waals surface area contributed by atoms with E-state index in [1.165, 1.54) is 9.58 Å². The van der Waals surface area contributed by atoms with Crippen molar-refractivity contribution in [1.82, 2.24) is 19.6 Å². The number of amides is 1. The third-order valence-corrected chi connectivity index (χ3v) is 5.45. The molecule has 0 atom stereocenters. The second-order valence-corrected chi connectivity index (χ2v) is 7.32. The van der Waals surface area contributed by atoms with Gasteiger partial charge in [0.25, 0.3) is 11.5 Å². The summed E-state index contributed by atoms with van der Waals surface area (Å²) in [6, 6.07) is 9.18. The minimum atomic E-state index is -0.335. The number of carbonyl (C=O) groups excluding carboxylic acids is 1. The van der Waals surface area contributed by atoms with Gasteiger partial charge >= 0.3 is 0 Å². The zero-order valence-corrected chi connectivity index (χ0v) is 16.2. The number of piperidine rings is 1. The molecule has 0 radical (unpaired) electrons. The molecular formula is C20H25N6O2+. The minimum Gasteiger partial charge on any atom is -0.337 e. The van der Waals surface area contributed by atoms with Gasteiger partial charge in [0.15, 0.2) is 5.69 Å². The van der Waals surface area contributed by atoms with Crippen LogP contribution in [0.5, 0.6) is 0 Å². The van der Waals surface area contributed by atoms with Gasteiger partial charge in [0.05, 0.1) is 37.8 Å². The van der Waals surface area contributed by atoms with E-state index in [0.29, 0.717) is 23.1 Å². The summed E-state index contributed by atoms with van der Waals surface area (Å²) in [7, 11) is 2.20. The summed E-state index contributed by atoms with van der Waals surface area (Å²) in [5, 5.41) is 12.8. The fourth-order valence-electron chi connectivity index (χ4n) is 3.84. The molecule has 8 nitrogen and oxygen atoms in total. The van der Waals surface area contributed by atoms with E-state index in [1.807, 2.05) is 17.7 Å².